The van der Waals surface area contributed by atoms with Gasteiger partial charge in [0.1, 0.15) is 0 Å². The molecule has 6 nitrogen and oxygen atoms in total. The van der Waals surface area contributed by atoms with Crippen LogP contribution >= 0.6 is 0 Å². The van der Waals surface area contributed by atoms with E-state index in [9.17, 15) is 13.2 Å². The summed E-state index contributed by atoms with van der Waals surface area (Å²) < 4.78 is 27.5. The highest BCUT2D eigenvalue weighted by Crippen LogP contribution is 2.17. The average molecular weight is 375 g/mol. The van der Waals surface area contributed by atoms with Crippen molar-refractivity contribution >= 4 is 21.6 Å². The Morgan fingerprint density at radius 1 is 1.00 bits per heavy atom. The minimum absolute atomic E-state index is 0.0923. The number of carbonyl (C=O) groups is 1. The number of nitrogens with one attached hydrogen (secondary N) is 1. The summed E-state index contributed by atoms with van der Waals surface area (Å²) in [4.78, 5) is 16.2. The van der Waals surface area contributed by atoms with Gasteiger partial charge in [-0.3, -0.25) is 4.79 Å². The zero-order valence-corrected chi connectivity index (χ0v) is 16.2. The van der Waals surface area contributed by atoms with Crippen LogP contribution in [0.15, 0.2) is 59.5 Å². The molecule has 0 heterocycles. The van der Waals surface area contributed by atoms with Crippen LogP contribution in [0, 0.1) is 0 Å². The first-order chi connectivity index (χ1) is 12.3. The predicted molar refractivity (Wildman–Crippen MR) is 104 cm³/mol. The summed E-state index contributed by atoms with van der Waals surface area (Å²) in [6.07, 6.45) is 0.710. The molecule has 0 aliphatic heterocycles. The molecule has 0 aromatic heterocycles. The van der Waals surface area contributed by atoms with Crippen molar-refractivity contribution in [1.82, 2.24) is 9.62 Å². The summed E-state index contributed by atoms with van der Waals surface area (Å²) in [6.45, 7) is 1.14. The maximum Gasteiger partial charge on any atom is 0.258 e. The molecule has 140 valence electrons. The first kappa shape index (κ1) is 20.1. The van der Waals surface area contributed by atoms with E-state index in [1.165, 1.54) is 17.0 Å². The molecule has 7 heteroatoms. The molecule has 0 aliphatic carbocycles. The fourth-order valence-electron chi connectivity index (χ4n) is 2.44. The first-order valence-electron chi connectivity index (χ1n) is 8.39. The average Bonchev–Trinajstić information content (AvgIpc) is 2.65. The van der Waals surface area contributed by atoms with Gasteiger partial charge in [0, 0.05) is 24.8 Å². The minimum atomic E-state index is -3.64. The second-order valence-corrected chi connectivity index (χ2v) is 8.05. The topological polar surface area (TPSA) is 69.7 Å². The van der Waals surface area contributed by atoms with Crippen LogP contribution in [0.3, 0.4) is 0 Å². The smallest absolute Gasteiger partial charge is 0.258 e. The van der Waals surface area contributed by atoms with Crippen LogP contribution in [0.1, 0.15) is 16.8 Å². The lowest BCUT2D eigenvalue weighted by Gasteiger charge is -2.17. The Balaban J connectivity index is 2.12. The van der Waals surface area contributed by atoms with E-state index < -0.39 is 10.0 Å². The lowest BCUT2D eigenvalue weighted by atomic mass is 10.2. The molecule has 2 aromatic carbocycles. The predicted octanol–water partition coefficient (Wildman–Crippen LogP) is 2.19. The van der Waals surface area contributed by atoms with Gasteiger partial charge in [-0.25, -0.2) is 13.1 Å². The van der Waals surface area contributed by atoms with E-state index in [0.29, 0.717) is 18.5 Å². The van der Waals surface area contributed by atoms with Crippen LogP contribution < -0.4 is 9.62 Å². The molecule has 0 bridgehead atoms. The summed E-state index contributed by atoms with van der Waals surface area (Å²) in [5.74, 6) is -0.263. The van der Waals surface area contributed by atoms with E-state index in [1.54, 1.807) is 19.2 Å². The van der Waals surface area contributed by atoms with Crippen molar-refractivity contribution < 1.29 is 13.2 Å². The third kappa shape index (κ3) is 5.39. The Bertz CT molecular complexity index is 836. The summed E-state index contributed by atoms with van der Waals surface area (Å²) in [5.41, 5.74) is 1.07. The molecule has 0 fully saturated rings. The van der Waals surface area contributed by atoms with Crippen molar-refractivity contribution in [3.63, 3.8) is 0 Å². The number of carbonyl (C=O) groups excluding carboxylic acids is 1. The lowest BCUT2D eigenvalue weighted by molar-refractivity contribution is 0.0993. The molecule has 0 aliphatic rings. The SMILES string of the molecule is CN(C)CCCNS(=O)(=O)c1cccc(C(=O)N(C)c2ccccc2)c1. The van der Waals surface area contributed by atoms with Crippen molar-refractivity contribution in [2.75, 3.05) is 39.1 Å². The number of rotatable bonds is 8. The Hall–Kier alpha value is -2.22. The maximum atomic E-state index is 12.7. The van der Waals surface area contributed by atoms with E-state index >= 15 is 0 Å². The van der Waals surface area contributed by atoms with Crippen molar-refractivity contribution in [2.45, 2.75) is 11.3 Å². The van der Waals surface area contributed by atoms with Crippen LogP contribution in [-0.4, -0.2) is 53.5 Å². The number of anilines is 1. The van der Waals surface area contributed by atoms with Gasteiger partial charge in [0.05, 0.1) is 4.90 Å². The van der Waals surface area contributed by atoms with Crippen molar-refractivity contribution in [3.8, 4) is 0 Å². The summed E-state index contributed by atoms with van der Waals surface area (Å²) in [6, 6.07) is 15.3. The van der Waals surface area contributed by atoms with Crippen molar-refractivity contribution in [1.29, 1.82) is 0 Å². The van der Waals surface area contributed by atoms with Crippen LogP contribution in [0.4, 0.5) is 5.69 Å². The monoisotopic (exact) mass is 375 g/mol. The number of amides is 1. The van der Waals surface area contributed by atoms with E-state index in [2.05, 4.69) is 4.72 Å². The molecule has 0 saturated heterocycles. The molecule has 2 aromatic rings. The van der Waals surface area contributed by atoms with Crippen LogP contribution in [0.25, 0.3) is 0 Å². The van der Waals surface area contributed by atoms with Gasteiger partial charge in [-0.1, -0.05) is 24.3 Å². The van der Waals surface area contributed by atoms with Crippen LogP contribution in [-0.2, 0) is 10.0 Å². The van der Waals surface area contributed by atoms with Gasteiger partial charge in [0.15, 0.2) is 0 Å². The fraction of sp³-hybridized carbons (Fsp3) is 0.316. The molecule has 26 heavy (non-hydrogen) atoms. The fourth-order valence-corrected chi connectivity index (χ4v) is 3.56. The summed E-state index contributed by atoms with van der Waals surface area (Å²) in [7, 11) is 1.90. The highest BCUT2D eigenvalue weighted by Gasteiger charge is 2.18. The Morgan fingerprint density at radius 2 is 1.69 bits per heavy atom. The number of para-hydroxylation sites is 1. The molecule has 0 spiro atoms. The molecule has 0 radical (unpaired) electrons. The van der Waals surface area contributed by atoms with Crippen molar-refractivity contribution in [3.05, 3.63) is 60.2 Å². The molecular weight excluding hydrogens is 350 g/mol. The van der Waals surface area contributed by atoms with Gasteiger partial charge >= 0.3 is 0 Å². The van der Waals surface area contributed by atoms with Crippen LogP contribution in [0.5, 0.6) is 0 Å². The third-order valence-electron chi connectivity index (χ3n) is 3.91. The Morgan fingerprint density at radius 3 is 2.35 bits per heavy atom. The molecule has 1 N–H and O–H groups in total. The Kier molecular flexibility index (Phi) is 6.90. The maximum absolute atomic E-state index is 12.7. The van der Waals surface area contributed by atoms with Gasteiger partial charge in [-0.2, -0.15) is 0 Å². The van der Waals surface area contributed by atoms with Crippen LogP contribution in [0.2, 0.25) is 0 Å². The van der Waals surface area contributed by atoms with E-state index in [0.717, 1.165) is 12.2 Å². The number of sulfonamides is 1. The van der Waals surface area contributed by atoms with Gasteiger partial charge in [-0.05, 0) is 57.4 Å². The molecule has 0 unspecified atom stereocenters. The van der Waals surface area contributed by atoms with Gasteiger partial charge in [0.2, 0.25) is 10.0 Å². The zero-order valence-electron chi connectivity index (χ0n) is 15.3. The van der Waals surface area contributed by atoms with Gasteiger partial charge in [0.25, 0.3) is 5.91 Å². The lowest BCUT2D eigenvalue weighted by Crippen LogP contribution is -2.28. The largest absolute Gasteiger partial charge is 0.311 e. The second-order valence-electron chi connectivity index (χ2n) is 6.28. The van der Waals surface area contributed by atoms with E-state index in [1.807, 2.05) is 49.3 Å². The van der Waals surface area contributed by atoms with E-state index in [-0.39, 0.29) is 10.8 Å². The third-order valence-corrected chi connectivity index (χ3v) is 5.37. The minimum Gasteiger partial charge on any atom is -0.311 e. The van der Waals surface area contributed by atoms with Gasteiger partial charge < -0.3 is 9.80 Å². The van der Waals surface area contributed by atoms with E-state index in [4.69, 9.17) is 0 Å². The first-order valence-corrected chi connectivity index (χ1v) is 9.87. The molecule has 0 saturated carbocycles. The summed E-state index contributed by atoms with van der Waals surface area (Å²) in [5, 5.41) is 0. The highest BCUT2D eigenvalue weighted by atomic mass is 32.2. The molecule has 0 atom stereocenters. The number of benzene rings is 2. The molecule has 1 amide bonds. The molecule has 2 rings (SSSR count). The quantitative estimate of drug-likeness (QED) is 0.718. The molecular formula is C19H25N3O3S. The van der Waals surface area contributed by atoms with Gasteiger partial charge in [-0.15, -0.1) is 0 Å². The highest BCUT2D eigenvalue weighted by molar-refractivity contribution is 7.89. The Labute approximate surface area is 155 Å². The normalized spacial score (nSPS) is 11.5. The zero-order chi connectivity index (χ0) is 19.2. The number of hydrogen-bond donors (Lipinski definition) is 1. The number of nitrogens with zero attached hydrogens (tertiary/aromatic N) is 2. The second kappa shape index (κ2) is 8.93. The number of hydrogen-bond acceptors (Lipinski definition) is 4. The summed E-state index contributed by atoms with van der Waals surface area (Å²) >= 11 is 0. The standard InChI is InChI=1S/C19H25N3O3S/c1-21(2)14-8-13-20-26(24,25)18-12-7-9-16(15-18)19(23)22(3)17-10-5-4-6-11-17/h4-7,9-12,15,20H,8,13-14H2,1-3H3. The van der Waals surface area contributed by atoms with Crippen molar-refractivity contribution in [2.24, 2.45) is 0 Å².